The molecule has 0 spiro atoms. The quantitative estimate of drug-likeness (QED) is 0.163. The van der Waals surface area contributed by atoms with E-state index in [0.717, 1.165) is 41.0 Å². The minimum absolute atomic E-state index is 0.0867. The van der Waals surface area contributed by atoms with Gasteiger partial charge in [0.05, 0.1) is 36.1 Å². The van der Waals surface area contributed by atoms with Crippen molar-refractivity contribution < 1.29 is 14.3 Å². The fourth-order valence-corrected chi connectivity index (χ4v) is 6.11. The topological polar surface area (TPSA) is 70.4 Å². The van der Waals surface area contributed by atoms with E-state index in [1.807, 2.05) is 31.2 Å². The summed E-state index contributed by atoms with van der Waals surface area (Å²) in [6.45, 7) is 9.33. The van der Waals surface area contributed by atoms with Crippen molar-refractivity contribution in [3.63, 3.8) is 0 Å². The van der Waals surface area contributed by atoms with Crippen molar-refractivity contribution in [1.29, 1.82) is 0 Å². The Morgan fingerprint density at radius 2 is 2.18 bits per heavy atom. The molecule has 0 fully saturated rings. The van der Waals surface area contributed by atoms with Crippen molar-refractivity contribution in [3.05, 3.63) is 50.6 Å². The van der Waals surface area contributed by atoms with E-state index >= 15 is 0 Å². The average molecular weight is 501 g/mol. The Bertz CT molecular complexity index is 1230. The number of hydrogen-bond donors (Lipinski definition) is 0. The number of thioether (sulfide) groups is 1. The lowest BCUT2D eigenvalue weighted by molar-refractivity contribution is -0.140. The Labute approximate surface area is 208 Å². The molecule has 0 aliphatic carbocycles. The van der Waals surface area contributed by atoms with E-state index in [-0.39, 0.29) is 23.4 Å². The molecule has 0 saturated carbocycles. The number of nitrogens with zero attached hydrogens (tertiary/aromatic N) is 2. The molecule has 3 heterocycles. The Kier molecular flexibility index (Phi) is 8.11. The highest BCUT2D eigenvalue weighted by Gasteiger charge is 2.29. The number of benzene rings is 1. The van der Waals surface area contributed by atoms with Crippen LogP contribution in [-0.4, -0.2) is 34.0 Å². The van der Waals surface area contributed by atoms with E-state index in [1.165, 1.54) is 23.1 Å². The van der Waals surface area contributed by atoms with Crippen molar-refractivity contribution in [3.8, 4) is 5.69 Å². The van der Waals surface area contributed by atoms with Crippen LogP contribution in [0.15, 0.2) is 34.2 Å². The number of aryl methyl sites for hydroxylation is 1. The number of ether oxygens (including phenoxy) is 2. The summed E-state index contributed by atoms with van der Waals surface area (Å²) < 4.78 is 13.0. The van der Waals surface area contributed by atoms with Crippen molar-refractivity contribution in [1.82, 2.24) is 9.55 Å². The van der Waals surface area contributed by atoms with Gasteiger partial charge in [-0.2, -0.15) is 0 Å². The minimum Gasteiger partial charge on any atom is -0.465 e. The van der Waals surface area contributed by atoms with E-state index in [0.29, 0.717) is 40.9 Å². The molecule has 2 aromatic heterocycles. The Morgan fingerprint density at radius 1 is 1.35 bits per heavy atom. The number of esters is 1. The monoisotopic (exact) mass is 500 g/mol. The van der Waals surface area contributed by atoms with Gasteiger partial charge in [-0.25, -0.2) is 4.98 Å². The first-order chi connectivity index (χ1) is 16.4. The molecular formula is C26H32N2O4S2. The lowest BCUT2D eigenvalue weighted by Crippen LogP contribution is -2.28. The van der Waals surface area contributed by atoms with E-state index in [1.54, 1.807) is 4.57 Å². The molecule has 0 radical (unpaired) electrons. The van der Waals surface area contributed by atoms with Gasteiger partial charge >= 0.3 is 5.97 Å². The summed E-state index contributed by atoms with van der Waals surface area (Å²) in [6, 6.07) is 7.82. The third-order valence-corrected chi connectivity index (χ3v) is 8.06. The zero-order valence-electron chi connectivity index (χ0n) is 20.3. The molecule has 1 aliphatic rings. The predicted octanol–water partition coefficient (Wildman–Crippen LogP) is 5.68. The van der Waals surface area contributed by atoms with Crippen LogP contribution in [0.5, 0.6) is 0 Å². The van der Waals surface area contributed by atoms with Crippen LogP contribution >= 0.6 is 23.1 Å². The number of hydrogen-bond acceptors (Lipinski definition) is 7. The van der Waals surface area contributed by atoms with Crippen LogP contribution in [0.25, 0.3) is 15.9 Å². The van der Waals surface area contributed by atoms with E-state index in [2.05, 4.69) is 20.8 Å². The molecule has 6 nitrogen and oxygen atoms in total. The smallest absolute Gasteiger partial charge is 0.316 e. The fraction of sp³-hybridized carbons (Fsp3) is 0.500. The van der Waals surface area contributed by atoms with Gasteiger partial charge in [0.1, 0.15) is 4.83 Å². The molecule has 8 heteroatoms. The number of carbonyl (C=O) groups excluding carboxylic acids is 1. The molecule has 0 bridgehead atoms. The van der Waals surface area contributed by atoms with E-state index in [4.69, 9.17) is 14.5 Å². The highest BCUT2D eigenvalue weighted by Crippen LogP contribution is 2.36. The Hall–Kier alpha value is -2.16. The molecule has 1 aromatic carbocycles. The number of fused-ring (bicyclic) bond motifs is 3. The summed E-state index contributed by atoms with van der Waals surface area (Å²) in [6.07, 6.45) is 3.79. The molecule has 0 amide bonds. The molecule has 182 valence electrons. The molecule has 4 rings (SSSR count). The summed E-state index contributed by atoms with van der Waals surface area (Å²) in [5.41, 5.74) is 2.79. The number of aromatic nitrogens is 2. The summed E-state index contributed by atoms with van der Waals surface area (Å²) in [7, 11) is 0. The summed E-state index contributed by atoms with van der Waals surface area (Å²) >= 11 is 2.78. The van der Waals surface area contributed by atoms with E-state index < -0.39 is 0 Å². The van der Waals surface area contributed by atoms with Crippen molar-refractivity contribution in [2.45, 2.75) is 71.2 Å². The van der Waals surface area contributed by atoms with Crippen LogP contribution in [0.1, 0.15) is 56.0 Å². The van der Waals surface area contributed by atoms with Crippen LogP contribution in [-0.2, 0) is 27.3 Å². The molecule has 0 unspecified atom stereocenters. The van der Waals surface area contributed by atoms with Gasteiger partial charge in [0.25, 0.3) is 5.56 Å². The molecule has 0 saturated heterocycles. The van der Waals surface area contributed by atoms with Gasteiger partial charge in [-0.3, -0.25) is 14.2 Å². The number of carbonyl (C=O) groups is 1. The van der Waals surface area contributed by atoms with Crippen molar-refractivity contribution >= 4 is 39.3 Å². The van der Waals surface area contributed by atoms with Crippen LogP contribution < -0.4 is 5.56 Å². The van der Waals surface area contributed by atoms with Gasteiger partial charge in [0.15, 0.2) is 5.16 Å². The molecule has 1 atom stereocenters. The maximum absolute atomic E-state index is 13.9. The number of rotatable bonds is 9. The second kappa shape index (κ2) is 11.1. The Balaban J connectivity index is 1.72. The third-order valence-electron chi connectivity index (χ3n) is 6.04. The highest BCUT2D eigenvalue weighted by molar-refractivity contribution is 7.99. The van der Waals surface area contributed by atoms with Gasteiger partial charge in [0, 0.05) is 11.3 Å². The molecule has 0 N–H and O–H groups in total. The minimum atomic E-state index is -0.287. The van der Waals surface area contributed by atoms with Crippen molar-refractivity contribution in [2.24, 2.45) is 5.92 Å². The van der Waals surface area contributed by atoms with Crippen LogP contribution in [0.3, 0.4) is 0 Å². The SMILES string of the molecule is CCCCCOC(=O)CSc1nc2sc3c(c2c(=O)n1-c1cccc(C)c1)C[C@@H](C(C)C)OC3. The lowest BCUT2D eigenvalue weighted by Gasteiger charge is -2.26. The standard InChI is InChI=1S/C26H32N2O4S2/c1-5-6-7-11-31-22(29)15-33-26-27-24-23(19-13-20(16(2)3)32-14-21(19)34-24)25(30)28(26)18-10-8-9-17(4)12-18/h8-10,12,16,20H,5-7,11,13-15H2,1-4H3/t20-/m0/s1. The zero-order valence-corrected chi connectivity index (χ0v) is 21.9. The molecular weight excluding hydrogens is 468 g/mol. The highest BCUT2D eigenvalue weighted by atomic mass is 32.2. The third kappa shape index (κ3) is 5.39. The normalized spacial score (nSPS) is 15.6. The van der Waals surface area contributed by atoms with Gasteiger partial charge in [-0.1, -0.05) is 57.5 Å². The largest absolute Gasteiger partial charge is 0.465 e. The summed E-state index contributed by atoms with van der Waals surface area (Å²) in [5.74, 6) is 0.192. The Morgan fingerprint density at radius 3 is 2.91 bits per heavy atom. The summed E-state index contributed by atoms with van der Waals surface area (Å²) in [4.78, 5) is 32.9. The molecule has 1 aliphatic heterocycles. The second-order valence-electron chi connectivity index (χ2n) is 9.07. The van der Waals surface area contributed by atoms with Crippen LogP contribution in [0, 0.1) is 12.8 Å². The number of thiophene rings is 1. The predicted molar refractivity (Wildman–Crippen MR) is 138 cm³/mol. The fourth-order valence-electron chi connectivity index (χ4n) is 4.13. The second-order valence-corrected chi connectivity index (χ2v) is 11.1. The average Bonchev–Trinajstić information content (AvgIpc) is 3.18. The molecule has 3 aromatic rings. The van der Waals surface area contributed by atoms with Gasteiger partial charge < -0.3 is 9.47 Å². The van der Waals surface area contributed by atoms with Crippen molar-refractivity contribution in [2.75, 3.05) is 12.4 Å². The first-order valence-electron chi connectivity index (χ1n) is 11.9. The molecule has 34 heavy (non-hydrogen) atoms. The summed E-state index contributed by atoms with van der Waals surface area (Å²) in [5, 5.41) is 1.19. The maximum atomic E-state index is 13.9. The maximum Gasteiger partial charge on any atom is 0.316 e. The van der Waals surface area contributed by atoms with Gasteiger partial charge in [0.2, 0.25) is 0 Å². The van der Waals surface area contributed by atoms with Gasteiger partial charge in [-0.15, -0.1) is 11.3 Å². The first-order valence-corrected chi connectivity index (χ1v) is 13.7. The van der Waals surface area contributed by atoms with Crippen LogP contribution in [0.2, 0.25) is 0 Å². The van der Waals surface area contributed by atoms with Crippen LogP contribution in [0.4, 0.5) is 0 Å². The first kappa shape index (κ1) is 24.9. The zero-order chi connectivity index (χ0) is 24.2. The number of unbranched alkanes of at least 4 members (excludes halogenated alkanes) is 2. The van der Waals surface area contributed by atoms with E-state index in [9.17, 15) is 9.59 Å². The lowest BCUT2D eigenvalue weighted by atomic mass is 9.96. The van der Waals surface area contributed by atoms with Gasteiger partial charge in [-0.05, 0) is 42.5 Å².